The van der Waals surface area contributed by atoms with Crippen molar-refractivity contribution in [1.29, 1.82) is 0 Å². The van der Waals surface area contributed by atoms with E-state index in [9.17, 15) is 0 Å². The van der Waals surface area contributed by atoms with Gasteiger partial charge in [0.25, 0.3) is 0 Å². The second kappa shape index (κ2) is 14.2. The summed E-state index contributed by atoms with van der Waals surface area (Å²) in [6, 6.07) is 78.7. The summed E-state index contributed by atoms with van der Waals surface area (Å²) < 4.78 is 0. The molecule has 0 unspecified atom stereocenters. The Balaban J connectivity index is 1.24. The maximum Gasteiger partial charge on any atom is 0.0547 e. The highest BCUT2D eigenvalue weighted by atomic mass is 15.2. The fourth-order valence-corrected chi connectivity index (χ4v) is 10.5. The largest absolute Gasteiger partial charge is 0.309 e. The number of nitrogens with zero attached hydrogens (tertiary/aromatic N) is 1. The lowest BCUT2D eigenvalue weighted by Crippen LogP contribution is -2.17. The van der Waals surface area contributed by atoms with E-state index in [1.807, 2.05) is 0 Å². The maximum absolute atomic E-state index is 2.59. The number of fused-ring (bicyclic) bond motifs is 6. The molecule has 0 N–H and O–H groups in total. The molecule has 0 bridgehead atoms. The second-order valence-electron chi connectivity index (χ2n) is 17.6. The molecule has 2 aliphatic carbocycles. The molecule has 11 rings (SSSR count). The first-order chi connectivity index (χ1) is 29.8. The van der Waals surface area contributed by atoms with Crippen LogP contribution < -0.4 is 4.90 Å². The lowest BCUT2D eigenvalue weighted by atomic mass is 9.81. The van der Waals surface area contributed by atoms with Crippen molar-refractivity contribution < 1.29 is 0 Å². The molecule has 0 atom stereocenters. The molecule has 2 aliphatic rings. The molecule has 1 heteroatoms. The van der Waals surface area contributed by atoms with Crippen LogP contribution in [-0.2, 0) is 10.8 Å². The zero-order chi connectivity index (χ0) is 41.3. The Hall–Kier alpha value is -7.22. The van der Waals surface area contributed by atoms with Crippen molar-refractivity contribution in [1.82, 2.24) is 0 Å². The van der Waals surface area contributed by atoms with E-state index >= 15 is 0 Å². The molecule has 0 heterocycles. The summed E-state index contributed by atoms with van der Waals surface area (Å²) in [6.07, 6.45) is 0. The van der Waals surface area contributed by atoms with E-state index in [1.165, 1.54) is 94.7 Å². The van der Waals surface area contributed by atoms with Gasteiger partial charge in [-0.15, -0.1) is 0 Å². The summed E-state index contributed by atoms with van der Waals surface area (Å²) in [4.78, 5) is 2.59. The summed E-state index contributed by atoms with van der Waals surface area (Å²) in [5.41, 5.74) is 23.4. The molecule has 9 aromatic carbocycles. The van der Waals surface area contributed by atoms with Crippen molar-refractivity contribution in [2.24, 2.45) is 0 Å². The average Bonchev–Trinajstić information content (AvgIpc) is 3.69. The van der Waals surface area contributed by atoms with Crippen LogP contribution in [0.3, 0.4) is 0 Å². The molecule has 0 spiro atoms. The Morgan fingerprint density at radius 1 is 0.262 bits per heavy atom. The highest BCUT2D eigenvalue weighted by molar-refractivity contribution is 6.05. The number of hydrogen-bond donors (Lipinski definition) is 0. The zero-order valence-electron chi connectivity index (χ0n) is 35.2. The topological polar surface area (TPSA) is 3.24 Å². The summed E-state index contributed by atoms with van der Waals surface area (Å²) in [5.74, 6) is 0. The summed E-state index contributed by atoms with van der Waals surface area (Å²) in [6.45, 7) is 9.50. The van der Waals surface area contributed by atoms with Gasteiger partial charge in [0, 0.05) is 27.5 Å². The third kappa shape index (κ3) is 5.76. The van der Waals surface area contributed by atoms with E-state index in [2.05, 4.69) is 245 Å². The quantitative estimate of drug-likeness (QED) is 0.156. The van der Waals surface area contributed by atoms with Gasteiger partial charge in [0.1, 0.15) is 0 Å². The number of para-hydroxylation sites is 1. The van der Waals surface area contributed by atoms with Gasteiger partial charge in [0.2, 0.25) is 0 Å². The van der Waals surface area contributed by atoms with Gasteiger partial charge in [-0.1, -0.05) is 216 Å². The minimum atomic E-state index is -0.164. The number of anilines is 3. The fourth-order valence-electron chi connectivity index (χ4n) is 10.5. The number of benzene rings is 9. The summed E-state index contributed by atoms with van der Waals surface area (Å²) in [7, 11) is 0. The van der Waals surface area contributed by atoms with Crippen molar-refractivity contribution in [3.63, 3.8) is 0 Å². The molecule has 0 radical (unpaired) electrons. The molecule has 0 aromatic heterocycles. The van der Waals surface area contributed by atoms with E-state index < -0.39 is 0 Å². The van der Waals surface area contributed by atoms with Gasteiger partial charge in [-0.05, 0) is 96.6 Å². The van der Waals surface area contributed by atoms with Gasteiger partial charge >= 0.3 is 0 Å². The SMILES string of the molecule is CC1(C)c2ccccc2-c2ccc(-c3ccccc3N(c3cccc(-c4ccccc4)c3-c3ccccc3-c3ccccc3)c3cccc4c3-c3ccccc3C4(C)C)cc21. The Morgan fingerprint density at radius 2 is 0.705 bits per heavy atom. The smallest absolute Gasteiger partial charge is 0.0547 e. The lowest BCUT2D eigenvalue weighted by Gasteiger charge is -2.33. The molecule has 0 saturated carbocycles. The Morgan fingerprint density at radius 3 is 1.41 bits per heavy atom. The van der Waals surface area contributed by atoms with E-state index in [0.717, 1.165) is 11.4 Å². The van der Waals surface area contributed by atoms with Gasteiger partial charge in [-0.3, -0.25) is 0 Å². The molecule has 1 nitrogen and oxygen atoms in total. The van der Waals surface area contributed by atoms with E-state index in [4.69, 9.17) is 0 Å². The van der Waals surface area contributed by atoms with E-state index in [0.29, 0.717) is 0 Å². The van der Waals surface area contributed by atoms with Crippen LogP contribution in [0.2, 0.25) is 0 Å². The van der Waals surface area contributed by atoms with Gasteiger partial charge in [-0.2, -0.15) is 0 Å². The second-order valence-corrected chi connectivity index (χ2v) is 17.6. The van der Waals surface area contributed by atoms with Crippen molar-refractivity contribution in [3.05, 3.63) is 235 Å². The van der Waals surface area contributed by atoms with Crippen LogP contribution in [0, 0.1) is 0 Å². The Labute approximate surface area is 360 Å². The monoisotopic (exact) mass is 781 g/mol. The summed E-state index contributed by atoms with van der Waals surface area (Å²) >= 11 is 0. The standard InChI is InChI=1S/C60H47N/c1-59(2)51-32-17-14-29-49(51)58-52(59)33-20-36-56(58)61(54-34-18-15-26-44(54)42-37-38-47-46-27-13-16-31-50(46)60(3,4)53(47)39-42)55-35-19-30-45(41-23-9-6-10-24-41)57(55)48-28-12-11-25-43(48)40-21-7-5-8-22-40/h5-39H,1-4H3. The molecule has 9 aromatic rings. The first-order valence-electron chi connectivity index (χ1n) is 21.5. The van der Waals surface area contributed by atoms with E-state index in [1.54, 1.807) is 0 Å². The van der Waals surface area contributed by atoms with Crippen LogP contribution in [0.5, 0.6) is 0 Å². The third-order valence-electron chi connectivity index (χ3n) is 13.5. The van der Waals surface area contributed by atoms with Crippen molar-refractivity contribution in [2.45, 2.75) is 38.5 Å². The van der Waals surface area contributed by atoms with Crippen LogP contribution in [0.4, 0.5) is 17.1 Å². The molecule has 292 valence electrons. The van der Waals surface area contributed by atoms with Crippen LogP contribution in [0.25, 0.3) is 66.8 Å². The zero-order valence-corrected chi connectivity index (χ0v) is 35.2. The van der Waals surface area contributed by atoms with Crippen LogP contribution in [0.15, 0.2) is 212 Å². The van der Waals surface area contributed by atoms with Gasteiger partial charge < -0.3 is 4.90 Å². The number of rotatable bonds is 7. The minimum absolute atomic E-state index is 0.121. The van der Waals surface area contributed by atoms with Crippen LogP contribution in [-0.4, -0.2) is 0 Å². The highest BCUT2D eigenvalue weighted by Gasteiger charge is 2.39. The third-order valence-corrected chi connectivity index (χ3v) is 13.5. The molecule has 0 amide bonds. The van der Waals surface area contributed by atoms with Gasteiger partial charge in [0.05, 0.1) is 17.1 Å². The lowest BCUT2D eigenvalue weighted by molar-refractivity contribution is 0.660. The van der Waals surface area contributed by atoms with Crippen molar-refractivity contribution in [3.8, 4) is 66.8 Å². The first-order valence-corrected chi connectivity index (χ1v) is 21.5. The number of hydrogen-bond acceptors (Lipinski definition) is 1. The molecule has 0 fully saturated rings. The molecule has 0 aliphatic heterocycles. The predicted octanol–water partition coefficient (Wildman–Crippen LogP) is 16.4. The van der Waals surface area contributed by atoms with Gasteiger partial charge in [-0.25, -0.2) is 0 Å². The average molecular weight is 782 g/mol. The Bertz CT molecular complexity index is 3130. The molecular weight excluding hydrogens is 735 g/mol. The van der Waals surface area contributed by atoms with Crippen molar-refractivity contribution in [2.75, 3.05) is 4.90 Å². The molecular formula is C60H47N. The minimum Gasteiger partial charge on any atom is -0.309 e. The molecule has 61 heavy (non-hydrogen) atoms. The Kier molecular flexibility index (Phi) is 8.58. The van der Waals surface area contributed by atoms with Gasteiger partial charge in [0.15, 0.2) is 0 Å². The summed E-state index contributed by atoms with van der Waals surface area (Å²) in [5, 5.41) is 0. The predicted molar refractivity (Wildman–Crippen MR) is 258 cm³/mol. The van der Waals surface area contributed by atoms with Crippen LogP contribution >= 0.6 is 0 Å². The van der Waals surface area contributed by atoms with E-state index in [-0.39, 0.29) is 10.8 Å². The normalized spacial score (nSPS) is 13.8. The highest BCUT2D eigenvalue weighted by Crippen LogP contribution is 2.57. The van der Waals surface area contributed by atoms with Crippen molar-refractivity contribution >= 4 is 17.1 Å². The maximum atomic E-state index is 2.59. The fraction of sp³-hybridized carbons (Fsp3) is 0.100. The first kappa shape index (κ1) is 36.8. The van der Waals surface area contributed by atoms with Crippen LogP contribution in [0.1, 0.15) is 49.9 Å². The molecule has 0 saturated heterocycles.